The molecule has 1 amide bonds. The predicted molar refractivity (Wildman–Crippen MR) is 85.3 cm³/mol. The first-order valence-electron chi connectivity index (χ1n) is 7.12. The Labute approximate surface area is 127 Å². The third kappa shape index (κ3) is 4.50. The molecule has 1 aliphatic rings. The van der Waals surface area contributed by atoms with Gasteiger partial charge in [-0.25, -0.2) is 0 Å². The topological polar surface area (TPSA) is 55.1 Å². The Morgan fingerprint density at radius 3 is 2.55 bits per heavy atom. The van der Waals surface area contributed by atoms with Crippen molar-refractivity contribution < 1.29 is 4.79 Å². The van der Waals surface area contributed by atoms with E-state index in [1.54, 1.807) is 0 Å². The van der Waals surface area contributed by atoms with Crippen molar-refractivity contribution in [1.82, 2.24) is 5.32 Å². The third-order valence-electron chi connectivity index (χ3n) is 3.77. The van der Waals surface area contributed by atoms with E-state index in [-0.39, 0.29) is 23.9 Å². The maximum Gasteiger partial charge on any atom is 0.224 e. The van der Waals surface area contributed by atoms with Gasteiger partial charge in [-0.1, -0.05) is 18.2 Å². The average Bonchev–Trinajstić information content (AvgIpc) is 2.38. The summed E-state index contributed by atoms with van der Waals surface area (Å²) in [4.78, 5) is 12.0. The molecular formula is C16H25ClN2O. The van der Waals surface area contributed by atoms with Gasteiger partial charge in [0.2, 0.25) is 5.91 Å². The highest BCUT2D eigenvalue weighted by Crippen LogP contribution is 2.22. The van der Waals surface area contributed by atoms with E-state index in [0.29, 0.717) is 13.0 Å². The van der Waals surface area contributed by atoms with Crippen molar-refractivity contribution >= 4 is 18.3 Å². The highest BCUT2D eigenvalue weighted by atomic mass is 35.5. The number of halogens is 1. The first kappa shape index (κ1) is 17.0. The van der Waals surface area contributed by atoms with Crippen LogP contribution >= 0.6 is 12.4 Å². The van der Waals surface area contributed by atoms with Crippen molar-refractivity contribution in [3.05, 3.63) is 34.9 Å². The number of fused-ring (bicyclic) bond motifs is 1. The van der Waals surface area contributed by atoms with Gasteiger partial charge in [-0.15, -0.1) is 12.4 Å². The Bertz CT molecular complexity index is 472. The summed E-state index contributed by atoms with van der Waals surface area (Å²) in [6, 6.07) is 6.47. The number of amides is 1. The molecule has 3 nitrogen and oxygen atoms in total. The Morgan fingerprint density at radius 1 is 1.25 bits per heavy atom. The Kier molecular flexibility index (Phi) is 6.03. The SMILES string of the molecule is CC(C)(CN)NC(=O)Cc1ccc2c(c1)CCCC2.Cl. The van der Waals surface area contributed by atoms with Gasteiger partial charge in [0.1, 0.15) is 0 Å². The molecule has 0 bridgehead atoms. The summed E-state index contributed by atoms with van der Waals surface area (Å²) in [5, 5.41) is 2.97. The van der Waals surface area contributed by atoms with Crippen molar-refractivity contribution in [2.45, 2.75) is 51.5 Å². The van der Waals surface area contributed by atoms with Crippen LogP contribution in [0.3, 0.4) is 0 Å². The zero-order valence-electron chi connectivity index (χ0n) is 12.4. The monoisotopic (exact) mass is 296 g/mol. The molecule has 112 valence electrons. The summed E-state index contributed by atoms with van der Waals surface area (Å²) < 4.78 is 0. The lowest BCUT2D eigenvalue weighted by molar-refractivity contribution is -0.121. The van der Waals surface area contributed by atoms with Gasteiger partial charge in [0.25, 0.3) is 0 Å². The predicted octanol–water partition coefficient (Wildman–Crippen LogP) is 2.38. The van der Waals surface area contributed by atoms with Crippen molar-refractivity contribution in [2.24, 2.45) is 5.73 Å². The van der Waals surface area contributed by atoms with Gasteiger partial charge in [-0.05, 0) is 56.2 Å². The van der Waals surface area contributed by atoms with Gasteiger partial charge in [0.05, 0.1) is 6.42 Å². The van der Waals surface area contributed by atoms with Crippen molar-refractivity contribution in [3.63, 3.8) is 0 Å². The molecule has 0 atom stereocenters. The molecule has 3 N–H and O–H groups in total. The van der Waals surface area contributed by atoms with E-state index in [1.165, 1.54) is 30.4 Å². The number of nitrogens with two attached hydrogens (primary N) is 1. The van der Waals surface area contributed by atoms with E-state index < -0.39 is 0 Å². The van der Waals surface area contributed by atoms with Crippen LogP contribution in [0.25, 0.3) is 0 Å². The molecule has 0 saturated carbocycles. The standard InChI is InChI=1S/C16H24N2O.ClH/c1-16(2,11-17)18-15(19)10-12-7-8-13-5-3-4-6-14(13)9-12;/h7-9H,3-6,10-11,17H2,1-2H3,(H,18,19);1H. The molecule has 0 saturated heterocycles. The van der Waals surface area contributed by atoms with E-state index in [4.69, 9.17) is 5.73 Å². The molecule has 2 rings (SSSR count). The Hall–Kier alpha value is -1.06. The first-order chi connectivity index (χ1) is 9.00. The Morgan fingerprint density at radius 2 is 1.90 bits per heavy atom. The number of benzene rings is 1. The van der Waals surface area contributed by atoms with Crippen LogP contribution in [0.4, 0.5) is 0 Å². The van der Waals surface area contributed by atoms with Gasteiger partial charge in [-0.3, -0.25) is 4.79 Å². The summed E-state index contributed by atoms with van der Waals surface area (Å²) in [5.41, 5.74) is 9.28. The van der Waals surface area contributed by atoms with Crippen LogP contribution in [0.5, 0.6) is 0 Å². The van der Waals surface area contributed by atoms with Gasteiger partial charge < -0.3 is 11.1 Å². The van der Waals surface area contributed by atoms with E-state index in [2.05, 4.69) is 23.5 Å². The summed E-state index contributed by atoms with van der Waals surface area (Å²) in [5.74, 6) is 0.0474. The van der Waals surface area contributed by atoms with Crippen LogP contribution in [0.15, 0.2) is 18.2 Å². The number of aryl methyl sites for hydroxylation is 2. The normalized spacial score (nSPS) is 14.2. The summed E-state index contributed by atoms with van der Waals surface area (Å²) in [6.45, 7) is 4.33. The fourth-order valence-electron chi connectivity index (χ4n) is 2.55. The number of hydrogen-bond acceptors (Lipinski definition) is 2. The number of carbonyl (C=O) groups excluding carboxylic acids is 1. The number of hydrogen-bond donors (Lipinski definition) is 2. The molecule has 0 aromatic heterocycles. The minimum atomic E-state index is -0.328. The molecule has 0 radical (unpaired) electrons. The van der Waals surface area contributed by atoms with E-state index in [9.17, 15) is 4.79 Å². The second-order valence-electron chi connectivity index (χ2n) is 6.12. The van der Waals surface area contributed by atoms with Gasteiger partial charge >= 0.3 is 0 Å². The molecule has 1 aromatic rings. The highest BCUT2D eigenvalue weighted by molar-refractivity contribution is 5.85. The quantitative estimate of drug-likeness (QED) is 0.896. The summed E-state index contributed by atoms with van der Waals surface area (Å²) >= 11 is 0. The molecule has 0 heterocycles. The molecule has 20 heavy (non-hydrogen) atoms. The van der Waals surface area contributed by atoms with E-state index in [0.717, 1.165) is 12.0 Å². The number of rotatable bonds is 4. The molecule has 1 aliphatic carbocycles. The van der Waals surface area contributed by atoms with Gasteiger partial charge in [0, 0.05) is 12.1 Å². The third-order valence-corrected chi connectivity index (χ3v) is 3.77. The maximum atomic E-state index is 12.0. The second-order valence-corrected chi connectivity index (χ2v) is 6.12. The molecule has 0 spiro atoms. The van der Waals surface area contributed by atoms with Crippen molar-refractivity contribution in [3.8, 4) is 0 Å². The van der Waals surface area contributed by atoms with Crippen LogP contribution in [0, 0.1) is 0 Å². The lowest BCUT2D eigenvalue weighted by Gasteiger charge is -2.24. The molecule has 4 heteroatoms. The number of carbonyl (C=O) groups is 1. The van der Waals surface area contributed by atoms with Gasteiger partial charge in [0.15, 0.2) is 0 Å². The largest absolute Gasteiger partial charge is 0.350 e. The Balaban J connectivity index is 0.00000200. The lowest BCUT2D eigenvalue weighted by atomic mass is 9.90. The second kappa shape index (κ2) is 7.09. The summed E-state index contributed by atoms with van der Waals surface area (Å²) in [7, 11) is 0. The first-order valence-corrected chi connectivity index (χ1v) is 7.12. The highest BCUT2D eigenvalue weighted by Gasteiger charge is 2.18. The summed E-state index contributed by atoms with van der Waals surface area (Å²) in [6.07, 6.45) is 5.33. The van der Waals surface area contributed by atoms with Crippen LogP contribution in [0.2, 0.25) is 0 Å². The smallest absolute Gasteiger partial charge is 0.224 e. The minimum absolute atomic E-state index is 0. The lowest BCUT2D eigenvalue weighted by Crippen LogP contribution is -2.49. The van der Waals surface area contributed by atoms with Crippen molar-refractivity contribution in [1.29, 1.82) is 0 Å². The molecule has 0 unspecified atom stereocenters. The zero-order valence-corrected chi connectivity index (χ0v) is 13.2. The minimum Gasteiger partial charge on any atom is -0.350 e. The zero-order chi connectivity index (χ0) is 13.9. The average molecular weight is 297 g/mol. The molecular weight excluding hydrogens is 272 g/mol. The maximum absolute atomic E-state index is 12.0. The van der Waals surface area contributed by atoms with Crippen LogP contribution < -0.4 is 11.1 Å². The van der Waals surface area contributed by atoms with Crippen LogP contribution in [-0.2, 0) is 24.1 Å². The van der Waals surface area contributed by atoms with E-state index >= 15 is 0 Å². The van der Waals surface area contributed by atoms with Gasteiger partial charge in [-0.2, -0.15) is 0 Å². The fourth-order valence-corrected chi connectivity index (χ4v) is 2.55. The van der Waals surface area contributed by atoms with E-state index in [1.807, 2.05) is 13.8 Å². The molecule has 0 fully saturated rings. The fraction of sp³-hybridized carbons (Fsp3) is 0.562. The van der Waals surface area contributed by atoms with Crippen LogP contribution in [0.1, 0.15) is 43.4 Å². The number of nitrogens with one attached hydrogen (secondary N) is 1. The van der Waals surface area contributed by atoms with Crippen molar-refractivity contribution in [2.75, 3.05) is 6.54 Å². The molecule has 0 aliphatic heterocycles. The molecule has 1 aromatic carbocycles. The van der Waals surface area contributed by atoms with Crippen LogP contribution in [-0.4, -0.2) is 18.0 Å².